The quantitative estimate of drug-likeness (QED) is 0.258. The number of nitrogens with one attached hydrogen (secondary N) is 1. The molecule has 1 aliphatic heterocycles. The van der Waals surface area contributed by atoms with Gasteiger partial charge in [0.25, 0.3) is 11.7 Å². The summed E-state index contributed by atoms with van der Waals surface area (Å²) in [5, 5.41) is 12.6. The second-order valence-electron chi connectivity index (χ2n) is 8.17. The number of hydrogen-bond donors (Lipinski definition) is 2. The molecule has 1 aliphatic rings. The summed E-state index contributed by atoms with van der Waals surface area (Å²) in [6, 6.07) is 9.60. The molecule has 0 saturated carbocycles. The Morgan fingerprint density at radius 2 is 1.94 bits per heavy atom. The molecule has 1 amide bonds. The van der Waals surface area contributed by atoms with Crippen molar-refractivity contribution in [1.82, 2.24) is 9.88 Å². The van der Waals surface area contributed by atoms with Crippen LogP contribution in [0.2, 0.25) is 10.0 Å². The molecule has 178 valence electrons. The number of aromatic nitrogens is 1. The number of aromatic amines is 1. The van der Waals surface area contributed by atoms with E-state index in [9.17, 15) is 14.7 Å². The maximum Gasteiger partial charge on any atom is 0.295 e. The van der Waals surface area contributed by atoms with Gasteiger partial charge in [0.05, 0.1) is 42.0 Å². The minimum absolute atomic E-state index is 0.0405. The molecule has 2 aromatic carbocycles. The third-order valence-electron chi connectivity index (χ3n) is 5.71. The molecule has 0 bridgehead atoms. The first-order valence-electron chi connectivity index (χ1n) is 10.7. The Hall–Kier alpha value is -3.00. The topological polar surface area (TPSA) is 91.9 Å². The zero-order valence-corrected chi connectivity index (χ0v) is 20.4. The number of likely N-dealkylation sites (tertiary alicyclic amines) is 1. The predicted molar refractivity (Wildman–Crippen MR) is 131 cm³/mol. The Balaban J connectivity index is 1.93. The number of halogens is 2. The lowest BCUT2D eigenvalue weighted by molar-refractivity contribution is -0.140. The van der Waals surface area contributed by atoms with Crippen molar-refractivity contribution in [3.8, 4) is 5.75 Å². The highest BCUT2D eigenvalue weighted by Gasteiger charge is 2.47. The SMILES string of the molecule is COc1c(Cl)cc(Cl)cc1/C(O)=C1\C(=O)C(=O)N(CCOC(C)C)C1c1c[nH]c2ccccc12. The first kappa shape index (κ1) is 24.1. The van der Waals surface area contributed by atoms with Crippen LogP contribution in [0.3, 0.4) is 0 Å². The van der Waals surface area contributed by atoms with Gasteiger partial charge >= 0.3 is 0 Å². The van der Waals surface area contributed by atoms with E-state index in [1.54, 1.807) is 6.20 Å². The Bertz CT molecular complexity index is 1300. The van der Waals surface area contributed by atoms with Gasteiger partial charge in [0.15, 0.2) is 0 Å². The number of benzene rings is 2. The second-order valence-corrected chi connectivity index (χ2v) is 9.01. The van der Waals surface area contributed by atoms with Crippen molar-refractivity contribution in [1.29, 1.82) is 0 Å². The van der Waals surface area contributed by atoms with E-state index in [4.69, 9.17) is 32.7 Å². The number of nitrogens with zero attached hydrogens (tertiary/aromatic N) is 1. The molecule has 1 unspecified atom stereocenters. The monoisotopic (exact) mass is 502 g/mol. The summed E-state index contributed by atoms with van der Waals surface area (Å²) >= 11 is 12.4. The van der Waals surface area contributed by atoms with Crippen molar-refractivity contribution in [2.24, 2.45) is 0 Å². The summed E-state index contributed by atoms with van der Waals surface area (Å²) in [6.07, 6.45) is 1.70. The van der Waals surface area contributed by atoms with Crippen LogP contribution in [0.4, 0.5) is 0 Å². The molecule has 1 aromatic heterocycles. The minimum Gasteiger partial charge on any atom is -0.507 e. The molecule has 3 aromatic rings. The molecule has 4 rings (SSSR count). The summed E-state index contributed by atoms with van der Waals surface area (Å²) in [4.78, 5) is 31.0. The maximum atomic E-state index is 13.3. The second kappa shape index (κ2) is 9.70. The molecule has 9 heteroatoms. The van der Waals surface area contributed by atoms with E-state index in [0.717, 1.165) is 10.9 Å². The molecule has 1 fully saturated rings. The minimum atomic E-state index is -0.852. The van der Waals surface area contributed by atoms with Gasteiger partial charge in [0.2, 0.25) is 0 Å². The number of amides is 1. The number of Topliss-reactive ketones (excluding diaryl/α,β-unsaturated/α-hetero) is 1. The largest absolute Gasteiger partial charge is 0.507 e. The van der Waals surface area contributed by atoms with Crippen molar-refractivity contribution in [2.45, 2.75) is 26.0 Å². The van der Waals surface area contributed by atoms with Gasteiger partial charge in [0, 0.05) is 34.2 Å². The Labute approximate surface area is 206 Å². The third kappa shape index (κ3) is 4.27. The summed E-state index contributed by atoms with van der Waals surface area (Å²) < 4.78 is 11.0. The highest BCUT2D eigenvalue weighted by atomic mass is 35.5. The van der Waals surface area contributed by atoms with Crippen molar-refractivity contribution in [2.75, 3.05) is 20.3 Å². The number of aliphatic hydroxyl groups excluding tert-OH is 1. The van der Waals surface area contributed by atoms with Crippen molar-refractivity contribution in [3.05, 3.63) is 69.3 Å². The fraction of sp³-hybridized carbons (Fsp3) is 0.280. The van der Waals surface area contributed by atoms with Gasteiger partial charge < -0.3 is 24.5 Å². The lowest BCUT2D eigenvalue weighted by Gasteiger charge is -2.25. The molecule has 0 spiro atoms. The zero-order valence-electron chi connectivity index (χ0n) is 18.9. The number of para-hydroxylation sites is 1. The highest BCUT2D eigenvalue weighted by Crippen LogP contribution is 2.44. The highest BCUT2D eigenvalue weighted by molar-refractivity contribution is 6.47. The van der Waals surface area contributed by atoms with Crippen LogP contribution in [0.15, 0.2) is 48.2 Å². The van der Waals surface area contributed by atoms with Crippen molar-refractivity contribution < 1.29 is 24.2 Å². The third-order valence-corrected chi connectivity index (χ3v) is 6.21. The summed E-state index contributed by atoms with van der Waals surface area (Å²) in [6.45, 7) is 4.17. The normalized spacial score (nSPS) is 17.8. The van der Waals surface area contributed by atoms with Gasteiger partial charge in [-0.3, -0.25) is 9.59 Å². The van der Waals surface area contributed by atoms with Crippen molar-refractivity contribution >= 4 is 51.6 Å². The number of aliphatic hydroxyl groups is 1. The summed E-state index contributed by atoms with van der Waals surface area (Å²) in [5.41, 5.74) is 1.56. The molecule has 1 saturated heterocycles. The van der Waals surface area contributed by atoms with E-state index in [1.807, 2.05) is 38.1 Å². The standard InChI is InChI=1S/C25H24Cl2N2O5/c1-13(2)34-9-8-29-21(17-12-28-19-7-5-4-6-15(17)19)20(23(31)25(29)32)22(30)16-10-14(26)11-18(27)24(16)33-3/h4-7,10-13,21,28,30H,8-9H2,1-3H3/b22-20+. The van der Waals surface area contributed by atoms with Crippen LogP contribution in [0.1, 0.15) is 31.0 Å². The number of ketones is 1. The Kier molecular flexibility index (Phi) is 6.89. The smallest absolute Gasteiger partial charge is 0.295 e. The van der Waals surface area contributed by atoms with Crippen LogP contribution in [0.25, 0.3) is 16.7 Å². The van der Waals surface area contributed by atoms with Crippen LogP contribution in [0.5, 0.6) is 5.75 Å². The number of carbonyl (C=O) groups excluding carboxylic acids is 2. The fourth-order valence-corrected chi connectivity index (χ4v) is 4.80. The number of methoxy groups -OCH3 is 1. The zero-order chi connectivity index (χ0) is 24.6. The summed E-state index contributed by atoms with van der Waals surface area (Å²) in [7, 11) is 1.39. The molecule has 1 atom stereocenters. The average Bonchev–Trinajstić information content (AvgIpc) is 3.32. The van der Waals surface area contributed by atoms with E-state index >= 15 is 0 Å². The van der Waals surface area contributed by atoms with E-state index < -0.39 is 23.5 Å². The summed E-state index contributed by atoms with van der Waals surface area (Å²) in [5.74, 6) is -1.80. The van der Waals surface area contributed by atoms with Gasteiger partial charge in [-0.1, -0.05) is 41.4 Å². The fourth-order valence-electron chi connectivity index (χ4n) is 4.23. The Morgan fingerprint density at radius 1 is 1.21 bits per heavy atom. The number of rotatable bonds is 7. The number of hydrogen-bond acceptors (Lipinski definition) is 5. The van der Waals surface area contributed by atoms with Crippen LogP contribution in [0, 0.1) is 0 Å². The molecule has 7 nitrogen and oxygen atoms in total. The van der Waals surface area contributed by atoms with Gasteiger partial charge in [-0.15, -0.1) is 0 Å². The van der Waals surface area contributed by atoms with Crippen LogP contribution in [-0.4, -0.2) is 53.0 Å². The van der Waals surface area contributed by atoms with Gasteiger partial charge in [-0.2, -0.15) is 0 Å². The predicted octanol–water partition coefficient (Wildman–Crippen LogP) is 5.33. The molecule has 34 heavy (non-hydrogen) atoms. The van der Waals surface area contributed by atoms with Gasteiger partial charge in [-0.05, 0) is 32.0 Å². The lowest BCUT2D eigenvalue weighted by Crippen LogP contribution is -2.33. The molecular weight excluding hydrogens is 479 g/mol. The maximum absolute atomic E-state index is 13.3. The van der Waals surface area contributed by atoms with Crippen LogP contribution in [-0.2, 0) is 14.3 Å². The van der Waals surface area contributed by atoms with Gasteiger partial charge in [-0.25, -0.2) is 0 Å². The molecule has 0 aliphatic carbocycles. The molecular formula is C25H24Cl2N2O5. The van der Waals surface area contributed by atoms with E-state index in [0.29, 0.717) is 5.56 Å². The molecule has 0 radical (unpaired) electrons. The first-order chi connectivity index (χ1) is 16.2. The number of ether oxygens (including phenoxy) is 2. The first-order valence-corrected chi connectivity index (χ1v) is 11.5. The Morgan fingerprint density at radius 3 is 2.65 bits per heavy atom. The number of fused-ring (bicyclic) bond motifs is 1. The van der Waals surface area contributed by atoms with Gasteiger partial charge in [0.1, 0.15) is 11.5 Å². The molecule has 2 heterocycles. The lowest BCUT2D eigenvalue weighted by atomic mass is 9.94. The number of H-pyrrole nitrogens is 1. The van der Waals surface area contributed by atoms with Crippen LogP contribution >= 0.6 is 23.2 Å². The van der Waals surface area contributed by atoms with E-state index in [-0.39, 0.29) is 46.2 Å². The van der Waals surface area contributed by atoms with Crippen molar-refractivity contribution in [3.63, 3.8) is 0 Å². The van der Waals surface area contributed by atoms with Crippen LogP contribution < -0.4 is 4.74 Å². The van der Waals surface area contributed by atoms with E-state index in [2.05, 4.69) is 4.98 Å². The van der Waals surface area contributed by atoms with E-state index in [1.165, 1.54) is 24.1 Å². The average molecular weight is 503 g/mol. The number of carbonyl (C=O) groups is 2. The molecule has 2 N–H and O–H groups in total.